The monoisotopic (exact) mass is 862 g/mol. The number of rotatable bonds is 15. The number of carbonyl (C=O) groups excluding carboxylic acids is 3. The maximum Gasteiger partial charge on any atom is 0.304 e. The second-order valence-corrected chi connectivity index (χ2v) is 18.9. The predicted octanol–water partition coefficient (Wildman–Crippen LogP) is 2.58. The number of nitrogens with zero attached hydrogens (tertiary/aromatic N) is 3. The number of Topliss-reactive ketones (excluding diaryl/α,β-unsaturated/α-hetero) is 1. The first-order valence-electron chi connectivity index (χ1n) is 21.3. The van der Waals surface area contributed by atoms with Crippen LogP contribution in [-0.2, 0) is 38.4 Å². The molecule has 7 aliphatic rings. The fraction of sp³-hybridized carbons (Fsp3) is 0.651. The standard InChI is InChI=1S/C43H54N6O13/c1-18-10-28(50)38-39-19(4-7-32(53)54)20(11-35(59)60)24(46-39)13-26-23(6-9-34(57)58)42(3)17-31(52)49-43(42,48-26)15-27-22(5-8-33(55)56)41(2,16-30(44)51)29(45-27)14-25-21(12-36(61)62)37(18)40(38)47-25/h13,18-23,25,27,37,48H,4-12,14-17H2,1-3H3,(H2,44,51)(H,49,52)(H,53,54)(H,55,56)(H,57,58)(H,59,60)(H,61,62)/b26-13-,39-38-/t18?,19-,20-,21+,22+,23+,25?,27+,37-,41-,42-,43+/m0/s1. The Bertz CT molecular complexity index is 2190. The molecule has 0 radical (unpaired) electrons. The highest BCUT2D eigenvalue weighted by atomic mass is 16.4. The number of allylic oxidation sites excluding steroid dienone is 4. The van der Waals surface area contributed by atoms with Crippen LogP contribution >= 0.6 is 0 Å². The van der Waals surface area contributed by atoms with Crippen LogP contribution in [0.5, 0.6) is 0 Å². The molecular weight excluding hydrogens is 809 g/mol. The smallest absolute Gasteiger partial charge is 0.304 e. The Morgan fingerprint density at radius 2 is 1.45 bits per heavy atom. The third kappa shape index (κ3) is 7.71. The van der Waals surface area contributed by atoms with Crippen LogP contribution in [0.25, 0.3) is 0 Å². The zero-order valence-electron chi connectivity index (χ0n) is 34.9. The highest BCUT2D eigenvalue weighted by molar-refractivity contribution is 6.27. The number of carbonyl (C=O) groups is 8. The van der Waals surface area contributed by atoms with Crippen LogP contribution in [0.2, 0.25) is 0 Å². The summed E-state index contributed by atoms with van der Waals surface area (Å²) in [5.74, 6) is -11.9. The normalized spacial score (nSPS) is 38.8. The summed E-state index contributed by atoms with van der Waals surface area (Å²) in [5, 5.41) is 57.0. The van der Waals surface area contributed by atoms with Crippen molar-refractivity contribution in [3.8, 4) is 0 Å². The molecule has 334 valence electrons. The van der Waals surface area contributed by atoms with Gasteiger partial charge in [-0.25, -0.2) is 0 Å². The molecular formula is C43H54N6O13. The fourth-order valence-electron chi connectivity index (χ4n) is 12.5. The number of aliphatic imine (C=N–C) groups is 3. The van der Waals surface area contributed by atoms with E-state index in [2.05, 4.69) is 10.6 Å². The van der Waals surface area contributed by atoms with E-state index in [1.807, 2.05) is 13.8 Å². The van der Waals surface area contributed by atoms with Gasteiger partial charge < -0.3 is 41.9 Å². The van der Waals surface area contributed by atoms with Gasteiger partial charge in [0.05, 0.1) is 41.9 Å². The third-order valence-electron chi connectivity index (χ3n) is 15.1. The molecule has 8 bridgehead atoms. The van der Waals surface area contributed by atoms with Gasteiger partial charge in [0.25, 0.3) is 0 Å². The largest absolute Gasteiger partial charge is 0.481 e. The lowest BCUT2D eigenvalue weighted by molar-refractivity contribution is -0.139. The number of hydrogen-bond donors (Lipinski definition) is 8. The van der Waals surface area contributed by atoms with Crippen LogP contribution in [-0.4, -0.2) is 108 Å². The minimum atomic E-state index is -1.34. The lowest BCUT2D eigenvalue weighted by Crippen LogP contribution is -2.59. The lowest BCUT2D eigenvalue weighted by Gasteiger charge is -2.42. The molecule has 19 nitrogen and oxygen atoms in total. The van der Waals surface area contributed by atoms with Gasteiger partial charge in [0, 0.05) is 109 Å². The number of nitrogens with one attached hydrogen (secondary N) is 2. The zero-order valence-corrected chi connectivity index (χ0v) is 34.9. The number of hydrogen-bond acceptors (Lipinski definition) is 12. The van der Waals surface area contributed by atoms with E-state index in [-0.39, 0.29) is 99.3 Å². The van der Waals surface area contributed by atoms with Crippen LogP contribution in [0.15, 0.2) is 38.0 Å². The lowest BCUT2D eigenvalue weighted by atomic mass is 9.63. The Hall–Kier alpha value is -5.75. The highest BCUT2D eigenvalue weighted by Gasteiger charge is 2.66. The second kappa shape index (κ2) is 16.2. The molecule has 12 atom stereocenters. The molecule has 1 aliphatic carbocycles. The van der Waals surface area contributed by atoms with Crippen LogP contribution < -0.4 is 16.4 Å². The number of fused-ring (bicyclic) bond motifs is 4. The number of aliphatic carboxylic acids is 5. The van der Waals surface area contributed by atoms with Crippen molar-refractivity contribution in [2.24, 2.45) is 73.0 Å². The van der Waals surface area contributed by atoms with Crippen LogP contribution in [0.1, 0.15) is 104 Å². The molecule has 2 saturated heterocycles. The number of carboxylic acid groups (broad SMARTS) is 5. The maximum absolute atomic E-state index is 14.4. The van der Waals surface area contributed by atoms with Gasteiger partial charge in [0.1, 0.15) is 5.66 Å². The molecule has 1 spiro atoms. The number of nitrogens with two attached hydrogens (primary N) is 1. The van der Waals surface area contributed by atoms with E-state index in [0.717, 1.165) is 0 Å². The molecule has 0 aromatic carbocycles. The quantitative estimate of drug-likeness (QED) is 0.117. The molecule has 3 fully saturated rings. The summed E-state index contributed by atoms with van der Waals surface area (Å²) in [5.41, 5.74) is 4.02. The summed E-state index contributed by atoms with van der Waals surface area (Å²) >= 11 is 0. The Morgan fingerprint density at radius 3 is 2.08 bits per heavy atom. The van der Waals surface area contributed by atoms with Crippen molar-refractivity contribution < 1.29 is 63.9 Å². The molecule has 0 aromatic heterocycles. The second-order valence-electron chi connectivity index (χ2n) is 18.9. The maximum atomic E-state index is 14.4. The van der Waals surface area contributed by atoms with E-state index >= 15 is 0 Å². The minimum absolute atomic E-state index is 0.0143. The van der Waals surface area contributed by atoms with Gasteiger partial charge in [-0.3, -0.25) is 53.3 Å². The summed E-state index contributed by atoms with van der Waals surface area (Å²) in [6.07, 6.45) is -0.483. The van der Waals surface area contributed by atoms with Crippen molar-refractivity contribution in [3.63, 3.8) is 0 Å². The van der Waals surface area contributed by atoms with Gasteiger partial charge in [-0.1, -0.05) is 20.8 Å². The number of carboxylic acids is 5. The Kier molecular flexibility index (Phi) is 11.6. The summed E-state index contributed by atoms with van der Waals surface area (Å²) in [6, 6.07) is -1.57. The minimum Gasteiger partial charge on any atom is -0.481 e. The molecule has 7 rings (SSSR count). The fourth-order valence-corrected chi connectivity index (χ4v) is 12.5. The van der Waals surface area contributed by atoms with Crippen molar-refractivity contribution in [1.29, 1.82) is 0 Å². The Labute approximate surface area is 356 Å². The third-order valence-corrected chi connectivity index (χ3v) is 15.1. The molecule has 2 unspecified atom stereocenters. The van der Waals surface area contributed by atoms with E-state index in [1.165, 1.54) is 0 Å². The van der Waals surface area contributed by atoms with Crippen molar-refractivity contribution in [3.05, 3.63) is 23.0 Å². The first-order valence-corrected chi connectivity index (χ1v) is 21.3. The average molecular weight is 863 g/mol. The van der Waals surface area contributed by atoms with Crippen molar-refractivity contribution in [2.45, 2.75) is 122 Å². The zero-order chi connectivity index (χ0) is 45.2. The Morgan fingerprint density at radius 1 is 0.806 bits per heavy atom. The van der Waals surface area contributed by atoms with Crippen molar-refractivity contribution in [1.82, 2.24) is 10.6 Å². The highest BCUT2D eigenvalue weighted by Crippen LogP contribution is 2.59. The molecule has 0 aromatic rings. The predicted molar refractivity (Wildman–Crippen MR) is 218 cm³/mol. The van der Waals surface area contributed by atoms with Gasteiger partial charge in [0.2, 0.25) is 11.8 Å². The van der Waals surface area contributed by atoms with Crippen LogP contribution in [0, 0.1) is 52.3 Å². The van der Waals surface area contributed by atoms with Crippen molar-refractivity contribution in [2.75, 3.05) is 0 Å². The molecule has 9 N–H and O–H groups in total. The van der Waals surface area contributed by atoms with Gasteiger partial charge in [-0.15, -0.1) is 0 Å². The molecule has 6 aliphatic heterocycles. The van der Waals surface area contributed by atoms with Gasteiger partial charge in [0.15, 0.2) is 5.78 Å². The van der Waals surface area contributed by atoms with E-state index in [4.69, 9.17) is 20.7 Å². The number of ketones is 1. The SMILES string of the molecule is CC1CC(=O)/C2=C3N=C(/C=C4\N[C@]5(C[C@H]6N=C(CC7N=C2[C@@H]1[C@@H]7CC(=O)O)[C@@](C)(CC(N)=O)[C@@H]6CCC(=O)O)NC(=O)C[C@@]5(C)[C@@H]4CCC(=O)O)[C@@H](CC(=O)O)[C@@H]/3CCC(=O)O. The number of primary amides is 1. The summed E-state index contributed by atoms with van der Waals surface area (Å²) in [6.45, 7) is 5.46. The average Bonchev–Trinajstić information content (AvgIpc) is 3.84. The van der Waals surface area contributed by atoms with Crippen LogP contribution in [0.3, 0.4) is 0 Å². The molecule has 1 saturated carbocycles. The van der Waals surface area contributed by atoms with E-state index in [1.54, 1.807) is 13.0 Å². The number of amides is 2. The van der Waals surface area contributed by atoms with Crippen LogP contribution in [0.4, 0.5) is 0 Å². The topological polar surface area (TPSA) is 325 Å². The molecule has 62 heavy (non-hydrogen) atoms. The summed E-state index contributed by atoms with van der Waals surface area (Å²) < 4.78 is 0. The van der Waals surface area contributed by atoms with E-state index < -0.39 is 119 Å². The van der Waals surface area contributed by atoms with Crippen molar-refractivity contribution >= 4 is 64.6 Å². The molecule has 2 amide bonds. The van der Waals surface area contributed by atoms with Gasteiger partial charge in [-0.05, 0) is 37.2 Å². The first-order chi connectivity index (χ1) is 29.1. The Balaban J connectivity index is 1.53. The summed E-state index contributed by atoms with van der Waals surface area (Å²) in [7, 11) is 0. The van der Waals surface area contributed by atoms with Gasteiger partial charge in [-0.2, -0.15) is 0 Å². The first kappa shape index (κ1) is 44.3. The van der Waals surface area contributed by atoms with E-state index in [9.17, 15) is 63.9 Å². The molecule has 19 heteroatoms. The van der Waals surface area contributed by atoms with Gasteiger partial charge >= 0.3 is 29.8 Å². The summed E-state index contributed by atoms with van der Waals surface area (Å²) in [4.78, 5) is 118. The van der Waals surface area contributed by atoms with E-state index in [0.29, 0.717) is 17.1 Å². The molecule has 6 heterocycles.